The highest BCUT2D eigenvalue weighted by Gasteiger charge is 2.25. The Morgan fingerprint density at radius 3 is 2.29 bits per heavy atom. The zero-order valence-electron chi connectivity index (χ0n) is 18.4. The number of carbonyl (C=O) groups is 1. The highest BCUT2D eigenvalue weighted by molar-refractivity contribution is 5.84. The van der Waals surface area contributed by atoms with Crippen molar-refractivity contribution < 1.29 is 9.53 Å². The summed E-state index contributed by atoms with van der Waals surface area (Å²) in [4.78, 5) is 39.8. The van der Waals surface area contributed by atoms with Crippen molar-refractivity contribution in [3.8, 4) is 11.4 Å². The smallest absolute Gasteiger partial charge is 0.336 e. The predicted molar refractivity (Wildman–Crippen MR) is 122 cm³/mol. The molecule has 2 aromatic carbocycles. The van der Waals surface area contributed by atoms with E-state index in [2.05, 4.69) is 5.32 Å². The van der Waals surface area contributed by atoms with Gasteiger partial charge in [-0.15, -0.1) is 0 Å². The van der Waals surface area contributed by atoms with Crippen molar-refractivity contribution in [3.05, 3.63) is 69.4 Å². The lowest BCUT2D eigenvalue weighted by Gasteiger charge is -2.23. The molecule has 0 saturated heterocycles. The second kappa shape index (κ2) is 9.64. The first-order valence-corrected chi connectivity index (χ1v) is 10.7. The van der Waals surface area contributed by atoms with Crippen molar-refractivity contribution in [2.75, 3.05) is 6.61 Å². The molecule has 0 saturated carbocycles. The molecule has 1 heterocycles. The first-order chi connectivity index (χ1) is 14.9. The number of rotatable bonds is 8. The second-order valence-corrected chi connectivity index (χ2v) is 7.48. The van der Waals surface area contributed by atoms with Crippen LogP contribution in [0.25, 0.3) is 16.6 Å². The fourth-order valence-electron chi connectivity index (χ4n) is 3.60. The molecule has 0 aliphatic heterocycles. The van der Waals surface area contributed by atoms with Gasteiger partial charge >= 0.3 is 5.69 Å². The number of fused-ring (bicyclic) bond motifs is 1. The van der Waals surface area contributed by atoms with E-state index in [0.29, 0.717) is 35.4 Å². The molecule has 0 radical (unpaired) electrons. The number of benzene rings is 2. The van der Waals surface area contributed by atoms with Gasteiger partial charge in [0.05, 0.1) is 23.2 Å². The molecule has 3 rings (SSSR count). The van der Waals surface area contributed by atoms with Crippen molar-refractivity contribution in [2.45, 2.75) is 52.6 Å². The van der Waals surface area contributed by atoms with Crippen molar-refractivity contribution >= 4 is 16.8 Å². The minimum Gasteiger partial charge on any atom is -0.494 e. The maximum atomic E-state index is 13.6. The molecule has 31 heavy (non-hydrogen) atoms. The molecule has 7 nitrogen and oxygen atoms in total. The highest BCUT2D eigenvalue weighted by atomic mass is 16.5. The third-order valence-electron chi connectivity index (χ3n) is 5.40. The van der Waals surface area contributed by atoms with Crippen LogP contribution >= 0.6 is 0 Å². The Hall–Kier alpha value is -3.35. The lowest BCUT2D eigenvalue weighted by Crippen LogP contribution is -2.45. The van der Waals surface area contributed by atoms with Gasteiger partial charge in [-0.2, -0.15) is 0 Å². The van der Waals surface area contributed by atoms with Gasteiger partial charge in [0, 0.05) is 6.04 Å². The first-order valence-electron chi connectivity index (χ1n) is 10.7. The average Bonchev–Trinajstić information content (AvgIpc) is 2.77. The van der Waals surface area contributed by atoms with Crippen LogP contribution < -0.4 is 21.3 Å². The van der Waals surface area contributed by atoms with Gasteiger partial charge in [-0.05, 0) is 63.1 Å². The Morgan fingerprint density at radius 1 is 1.00 bits per heavy atom. The maximum Gasteiger partial charge on any atom is 0.336 e. The molecule has 0 fully saturated rings. The second-order valence-electron chi connectivity index (χ2n) is 7.48. The fraction of sp³-hybridized carbons (Fsp3) is 0.375. The van der Waals surface area contributed by atoms with E-state index in [4.69, 9.17) is 4.74 Å². The van der Waals surface area contributed by atoms with Crippen LogP contribution in [-0.4, -0.2) is 27.7 Å². The van der Waals surface area contributed by atoms with E-state index in [1.807, 2.05) is 27.7 Å². The summed E-state index contributed by atoms with van der Waals surface area (Å²) in [5, 5.41) is 3.34. The number of hydrogen-bond acceptors (Lipinski definition) is 4. The lowest BCUT2D eigenvalue weighted by molar-refractivity contribution is -0.125. The summed E-state index contributed by atoms with van der Waals surface area (Å²) in [7, 11) is 0. The Labute approximate surface area is 181 Å². The van der Waals surface area contributed by atoms with Gasteiger partial charge in [-0.3, -0.25) is 14.2 Å². The molecule has 7 heteroatoms. The molecule has 0 bridgehead atoms. The number of ether oxygens (including phenoxy) is 1. The number of hydrogen-bond donors (Lipinski definition) is 1. The standard InChI is InChI=1S/C24H29N3O4/c1-5-16(4)25-22(28)20(6-2)27-21-11-9-8-10-19(21)23(29)26(24(27)30)17-12-14-18(15-13-17)31-7-3/h8-16,20H,5-7H2,1-4H3,(H,25,28)/t16-,20-/m0/s1. The molecular formula is C24H29N3O4. The molecule has 2 atom stereocenters. The Morgan fingerprint density at radius 2 is 1.68 bits per heavy atom. The van der Waals surface area contributed by atoms with Crippen LogP contribution in [0.3, 0.4) is 0 Å². The monoisotopic (exact) mass is 423 g/mol. The van der Waals surface area contributed by atoms with Gasteiger partial charge in [0.25, 0.3) is 5.56 Å². The topological polar surface area (TPSA) is 82.3 Å². The van der Waals surface area contributed by atoms with E-state index in [-0.39, 0.29) is 11.9 Å². The molecule has 0 aliphatic carbocycles. The number of nitrogens with one attached hydrogen (secondary N) is 1. The van der Waals surface area contributed by atoms with Crippen LogP contribution in [0.1, 0.15) is 46.6 Å². The molecule has 164 valence electrons. The molecule has 1 N–H and O–H groups in total. The fourth-order valence-corrected chi connectivity index (χ4v) is 3.60. The summed E-state index contributed by atoms with van der Waals surface area (Å²) >= 11 is 0. The third kappa shape index (κ3) is 4.40. The minimum atomic E-state index is -0.735. The van der Waals surface area contributed by atoms with E-state index < -0.39 is 17.3 Å². The summed E-state index contributed by atoms with van der Waals surface area (Å²) in [6, 6.07) is 12.9. The lowest BCUT2D eigenvalue weighted by atomic mass is 10.1. The maximum absolute atomic E-state index is 13.6. The van der Waals surface area contributed by atoms with E-state index >= 15 is 0 Å². The van der Waals surface area contributed by atoms with Crippen molar-refractivity contribution in [1.82, 2.24) is 14.5 Å². The van der Waals surface area contributed by atoms with Gasteiger partial charge in [0.2, 0.25) is 5.91 Å². The molecule has 1 amide bonds. The largest absolute Gasteiger partial charge is 0.494 e. The molecule has 0 unspecified atom stereocenters. The van der Waals surface area contributed by atoms with Gasteiger partial charge in [-0.1, -0.05) is 26.0 Å². The summed E-state index contributed by atoms with van der Waals surface area (Å²) < 4.78 is 8.02. The quantitative estimate of drug-likeness (QED) is 0.602. The van der Waals surface area contributed by atoms with Crippen LogP contribution in [0, 0.1) is 0 Å². The summed E-state index contributed by atoms with van der Waals surface area (Å²) in [6.45, 7) is 8.17. The number of amides is 1. The summed E-state index contributed by atoms with van der Waals surface area (Å²) in [6.07, 6.45) is 1.19. The first kappa shape index (κ1) is 22.3. The van der Waals surface area contributed by atoms with Crippen molar-refractivity contribution in [2.24, 2.45) is 0 Å². The van der Waals surface area contributed by atoms with Crippen LogP contribution in [0.15, 0.2) is 58.1 Å². The third-order valence-corrected chi connectivity index (χ3v) is 5.40. The summed E-state index contributed by atoms with van der Waals surface area (Å²) in [5.74, 6) is 0.417. The van der Waals surface area contributed by atoms with Crippen LogP contribution in [0.2, 0.25) is 0 Å². The zero-order valence-corrected chi connectivity index (χ0v) is 18.4. The van der Waals surface area contributed by atoms with Gasteiger partial charge in [0.1, 0.15) is 11.8 Å². The van der Waals surface area contributed by atoms with Gasteiger partial charge in [0.15, 0.2) is 0 Å². The van der Waals surface area contributed by atoms with Crippen molar-refractivity contribution in [1.29, 1.82) is 0 Å². The molecule has 3 aromatic rings. The highest BCUT2D eigenvalue weighted by Crippen LogP contribution is 2.19. The molecular weight excluding hydrogens is 394 g/mol. The average molecular weight is 424 g/mol. The number of para-hydroxylation sites is 1. The molecule has 0 aliphatic rings. The van der Waals surface area contributed by atoms with E-state index in [9.17, 15) is 14.4 Å². The van der Waals surface area contributed by atoms with E-state index in [0.717, 1.165) is 11.0 Å². The Balaban J connectivity index is 2.25. The van der Waals surface area contributed by atoms with Gasteiger partial charge in [-0.25, -0.2) is 9.36 Å². The molecule has 1 aromatic heterocycles. The Bertz CT molecular complexity index is 1180. The van der Waals surface area contributed by atoms with Crippen LogP contribution in [-0.2, 0) is 4.79 Å². The van der Waals surface area contributed by atoms with Crippen LogP contribution in [0.5, 0.6) is 5.75 Å². The predicted octanol–water partition coefficient (Wildman–Crippen LogP) is 3.42. The van der Waals surface area contributed by atoms with Crippen molar-refractivity contribution in [3.63, 3.8) is 0 Å². The van der Waals surface area contributed by atoms with Crippen LogP contribution in [0.4, 0.5) is 0 Å². The molecule has 0 spiro atoms. The minimum absolute atomic E-state index is 0.0134. The number of nitrogens with zero attached hydrogens (tertiary/aromatic N) is 2. The normalized spacial score (nSPS) is 13.0. The Kier molecular flexibility index (Phi) is 6.95. The van der Waals surface area contributed by atoms with E-state index in [1.54, 1.807) is 48.5 Å². The summed E-state index contributed by atoms with van der Waals surface area (Å²) in [5.41, 5.74) is -0.0850. The van der Waals surface area contributed by atoms with Gasteiger partial charge < -0.3 is 10.1 Å². The SMILES string of the molecule is CCOc1ccc(-n2c(=O)c3ccccc3n([C@@H](CC)C(=O)N[C@@H](C)CC)c2=O)cc1. The van der Waals surface area contributed by atoms with E-state index in [1.165, 1.54) is 4.57 Å². The zero-order chi connectivity index (χ0) is 22.5. The number of carbonyl (C=O) groups excluding carboxylic acids is 1. The number of aromatic nitrogens is 2.